The van der Waals surface area contributed by atoms with Crippen LogP contribution in [0.1, 0.15) is 37.7 Å². The van der Waals surface area contributed by atoms with Crippen molar-refractivity contribution in [3.63, 3.8) is 0 Å². The zero-order valence-electron chi connectivity index (χ0n) is 15.1. The van der Waals surface area contributed by atoms with Crippen LogP contribution in [0.5, 0.6) is 0 Å². The number of hydrogen-bond acceptors (Lipinski definition) is 5. The van der Waals surface area contributed by atoms with Crippen molar-refractivity contribution in [3.05, 3.63) is 30.1 Å². The summed E-state index contributed by atoms with van der Waals surface area (Å²) in [6.07, 6.45) is 7.49. The van der Waals surface area contributed by atoms with Gasteiger partial charge < -0.3 is 9.80 Å². The molecule has 0 saturated carbocycles. The lowest BCUT2D eigenvalue weighted by atomic mass is 9.84. The molecule has 0 aromatic carbocycles. The van der Waals surface area contributed by atoms with Crippen molar-refractivity contribution < 1.29 is 18.0 Å². The van der Waals surface area contributed by atoms with Crippen molar-refractivity contribution in [2.75, 3.05) is 25.1 Å². The van der Waals surface area contributed by atoms with E-state index < -0.39 is 9.84 Å². The standard InChI is InChI=1S/C18H25N3O4S/c1-26(24,25)13-5-16(22)20-11-7-18(8-12-20)6-2-17(23)21(18)14-15-3-9-19-10-4-15/h3-4,9-10H,2,5-8,11-14H2,1H3. The van der Waals surface area contributed by atoms with Crippen LogP contribution in [0, 0.1) is 0 Å². The number of sulfone groups is 1. The molecule has 0 atom stereocenters. The minimum Gasteiger partial charge on any atom is -0.342 e. The zero-order chi connectivity index (χ0) is 18.8. The zero-order valence-corrected chi connectivity index (χ0v) is 15.9. The summed E-state index contributed by atoms with van der Waals surface area (Å²) in [5, 5.41) is 0. The van der Waals surface area contributed by atoms with Gasteiger partial charge in [-0.05, 0) is 37.0 Å². The predicted octanol–water partition coefficient (Wildman–Crippen LogP) is 1.000. The molecule has 2 aliphatic heterocycles. The molecule has 2 saturated heterocycles. The van der Waals surface area contributed by atoms with Gasteiger partial charge in [0, 0.05) is 56.7 Å². The monoisotopic (exact) mass is 379 g/mol. The van der Waals surface area contributed by atoms with Crippen LogP contribution < -0.4 is 0 Å². The fourth-order valence-electron chi connectivity index (χ4n) is 3.92. The third-order valence-electron chi connectivity index (χ3n) is 5.50. The number of carbonyl (C=O) groups excluding carboxylic acids is 2. The number of amides is 2. The third-order valence-corrected chi connectivity index (χ3v) is 6.45. The molecule has 0 N–H and O–H groups in total. The highest BCUT2D eigenvalue weighted by Gasteiger charge is 2.47. The molecule has 3 heterocycles. The topological polar surface area (TPSA) is 87.7 Å². The van der Waals surface area contributed by atoms with Gasteiger partial charge in [-0.3, -0.25) is 14.6 Å². The first kappa shape index (κ1) is 18.8. The number of hydrogen-bond donors (Lipinski definition) is 0. The maximum Gasteiger partial charge on any atom is 0.223 e. The van der Waals surface area contributed by atoms with Crippen molar-refractivity contribution in [1.29, 1.82) is 0 Å². The van der Waals surface area contributed by atoms with Gasteiger partial charge in [-0.2, -0.15) is 0 Å². The highest BCUT2D eigenvalue weighted by molar-refractivity contribution is 7.90. The van der Waals surface area contributed by atoms with Crippen molar-refractivity contribution in [2.45, 2.75) is 44.2 Å². The van der Waals surface area contributed by atoms with Gasteiger partial charge in [0.1, 0.15) is 9.84 Å². The van der Waals surface area contributed by atoms with E-state index in [0.717, 1.165) is 31.1 Å². The third kappa shape index (κ3) is 4.23. The van der Waals surface area contributed by atoms with Crippen LogP contribution >= 0.6 is 0 Å². The molecule has 0 aliphatic carbocycles. The second-order valence-electron chi connectivity index (χ2n) is 7.32. The second kappa shape index (κ2) is 7.34. The minimum absolute atomic E-state index is 0.0332. The molecular weight excluding hydrogens is 354 g/mol. The lowest BCUT2D eigenvalue weighted by Gasteiger charge is -2.45. The van der Waals surface area contributed by atoms with E-state index in [-0.39, 0.29) is 29.5 Å². The number of pyridine rings is 1. The Labute approximate surface area is 154 Å². The number of piperidine rings is 1. The molecule has 1 spiro atoms. The van der Waals surface area contributed by atoms with Crippen LogP contribution in [0.3, 0.4) is 0 Å². The maximum absolute atomic E-state index is 12.4. The number of nitrogens with zero attached hydrogens (tertiary/aromatic N) is 3. The van der Waals surface area contributed by atoms with E-state index in [1.807, 2.05) is 17.0 Å². The Bertz CT molecular complexity index is 771. The van der Waals surface area contributed by atoms with Gasteiger partial charge >= 0.3 is 0 Å². The minimum atomic E-state index is -3.14. The summed E-state index contributed by atoms with van der Waals surface area (Å²) in [5.74, 6) is -0.0610. The summed E-state index contributed by atoms with van der Waals surface area (Å²) in [7, 11) is -3.14. The lowest BCUT2D eigenvalue weighted by Crippen LogP contribution is -2.54. The van der Waals surface area contributed by atoms with E-state index >= 15 is 0 Å². The van der Waals surface area contributed by atoms with Crippen LogP contribution in [0.2, 0.25) is 0 Å². The molecule has 8 heteroatoms. The first-order valence-electron chi connectivity index (χ1n) is 8.94. The smallest absolute Gasteiger partial charge is 0.223 e. The van der Waals surface area contributed by atoms with Gasteiger partial charge in [-0.1, -0.05) is 0 Å². The molecule has 1 aromatic rings. The van der Waals surface area contributed by atoms with E-state index in [9.17, 15) is 18.0 Å². The highest BCUT2D eigenvalue weighted by atomic mass is 32.2. The first-order valence-corrected chi connectivity index (χ1v) is 11.0. The van der Waals surface area contributed by atoms with Crippen LogP contribution in [-0.4, -0.2) is 65.7 Å². The molecule has 3 rings (SSSR count). The van der Waals surface area contributed by atoms with Crippen molar-refractivity contribution >= 4 is 21.7 Å². The van der Waals surface area contributed by atoms with E-state index in [2.05, 4.69) is 4.98 Å². The molecule has 0 radical (unpaired) electrons. The molecular formula is C18H25N3O4S. The molecule has 2 fully saturated rings. The molecule has 7 nitrogen and oxygen atoms in total. The van der Waals surface area contributed by atoms with Gasteiger partial charge in [-0.15, -0.1) is 0 Å². The fraction of sp³-hybridized carbons (Fsp3) is 0.611. The van der Waals surface area contributed by atoms with Gasteiger partial charge in [0.25, 0.3) is 0 Å². The van der Waals surface area contributed by atoms with Crippen LogP contribution in [0.25, 0.3) is 0 Å². The Hall–Kier alpha value is -1.96. The molecule has 142 valence electrons. The van der Waals surface area contributed by atoms with Crippen molar-refractivity contribution in [2.24, 2.45) is 0 Å². The van der Waals surface area contributed by atoms with Crippen LogP contribution in [-0.2, 0) is 26.0 Å². The van der Waals surface area contributed by atoms with Crippen LogP contribution in [0.15, 0.2) is 24.5 Å². The largest absolute Gasteiger partial charge is 0.342 e. The molecule has 1 aromatic heterocycles. The SMILES string of the molecule is CS(=O)(=O)CCC(=O)N1CCC2(CCC(=O)N2Cc2ccncc2)CC1. The van der Waals surface area contributed by atoms with E-state index in [1.54, 1.807) is 17.3 Å². The maximum atomic E-state index is 12.4. The Balaban J connectivity index is 1.63. The summed E-state index contributed by atoms with van der Waals surface area (Å²) >= 11 is 0. The van der Waals surface area contributed by atoms with Gasteiger partial charge in [0.2, 0.25) is 11.8 Å². The van der Waals surface area contributed by atoms with Gasteiger partial charge in [0.05, 0.1) is 5.75 Å². The lowest BCUT2D eigenvalue weighted by molar-refractivity contribution is -0.136. The number of rotatable bonds is 5. The van der Waals surface area contributed by atoms with Gasteiger partial charge in [0.15, 0.2) is 0 Å². The second-order valence-corrected chi connectivity index (χ2v) is 9.58. The Morgan fingerprint density at radius 3 is 2.46 bits per heavy atom. The summed E-state index contributed by atoms with van der Waals surface area (Å²) in [5.41, 5.74) is 0.870. The normalized spacial score (nSPS) is 20.0. The molecule has 0 unspecified atom stereocenters. The average molecular weight is 379 g/mol. The fourth-order valence-corrected chi connectivity index (χ4v) is 4.47. The quantitative estimate of drug-likeness (QED) is 0.762. The summed E-state index contributed by atoms with van der Waals surface area (Å²) in [4.78, 5) is 32.4. The van der Waals surface area contributed by atoms with Crippen LogP contribution in [0.4, 0.5) is 0 Å². The number of aromatic nitrogens is 1. The van der Waals surface area contributed by atoms with Crippen molar-refractivity contribution in [3.8, 4) is 0 Å². The molecule has 2 aliphatic rings. The Kier molecular flexibility index (Phi) is 5.32. The Morgan fingerprint density at radius 2 is 1.85 bits per heavy atom. The van der Waals surface area contributed by atoms with Crippen molar-refractivity contribution in [1.82, 2.24) is 14.8 Å². The van der Waals surface area contributed by atoms with E-state index in [1.165, 1.54) is 0 Å². The Morgan fingerprint density at radius 1 is 1.19 bits per heavy atom. The first-order chi connectivity index (χ1) is 12.3. The van der Waals surface area contributed by atoms with Gasteiger partial charge in [-0.25, -0.2) is 8.42 Å². The molecule has 0 bridgehead atoms. The number of carbonyl (C=O) groups is 2. The molecule has 2 amide bonds. The average Bonchev–Trinajstić information content (AvgIpc) is 2.90. The molecule has 26 heavy (non-hydrogen) atoms. The summed E-state index contributed by atoms with van der Waals surface area (Å²) < 4.78 is 22.5. The predicted molar refractivity (Wildman–Crippen MR) is 96.9 cm³/mol. The number of likely N-dealkylation sites (tertiary alicyclic amines) is 2. The summed E-state index contributed by atoms with van der Waals surface area (Å²) in [6, 6.07) is 3.84. The van der Waals surface area contributed by atoms with E-state index in [4.69, 9.17) is 0 Å². The highest BCUT2D eigenvalue weighted by Crippen LogP contribution is 2.40. The van der Waals surface area contributed by atoms with E-state index in [0.29, 0.717) is 26.1 Å². The summed E-state index contributed by atoms with van der Waals surface area (Å²) in [6.45, 7) is 1.72.